The van der Waals surface area contributed by atoms with Gasteiger partial charge in [-0.1, -0.05) is 37.3 Å². The molecule has 0 saturated heterocycles. The van der Waals surface area contributed by atoms with Crippen molar-refractivity contribution in [3.8, 4) is 23.0 Å². The second-order valence-corrected chi connectivity index (χ2v) is 8.77. The Bertz CT molecular complexity index is 1410. The average Bonchev–Trinajstić information content (AvgIpc) is 3.64. The predicted octanol–water partition coefficient (Wildman–Crippen LogP) is 5.03. The minimum atomic E-state index is -0.151. The maximum atomic E-state index is 13.2. The van der Waals surface area contributed by atoms with Gasteiger partial charge < -0.3 is 29.2 Å². The van der Waals surface area contributed by atoms with Crippen LogP contribution >= 0.6 is 0 Å². The quantitative estimate of drug-likeness (QED) is 0.396. The summed E-state index contributed by atoms with van der Waals surface area (Å²) in [6, 6.07) is 18.0. The van der Waals surface area contributed by atoms with Gasteiger partial charge in [-0.2, -0.15) is 0 Å². The highest BCUT2D eigenvalue weighted by molar-refractivity contribution is 5.88. The third-order valence-corrected chi connectivity index (χ3v) is 6.71. The number of aryl methyl sites for hydroxylation is 1. The summed E-state index contributed by atoms with van der Waals surface area (Å²) >= 11 is 0. The average molecular weight is 471 g/mol. The van der Waals surface area contributed by atoms with Gasteiger partial charge in [-0.05, 0) is 52.9 Å². The molecule has 35 heavy (non-hydrogen) atoms. The number of hydrogen-bond donors (Lipinski definition) is 2. The molecule has 6 rings (SSSR count). The summed E-state index contributed by atoms with van der Waals surface area (Å²) in [5.41, 5.74) is 5.44. The number of aromatic nitrogens is 1. The van der Waals surface area contributed by atoms with E-state index < -0.39 is 0 Å². The fourth-order valence-corrected chi connectivity index (χ4v) is 4.87. The number of H-pyrrole nitrogens is 1. The smallest absolute Gasteiger partial charge is 0.231 e. The van der Waals surface area contributed by atoms with Crippen LogP contribution in [0.4, 0.5) is 0 Å². The van der Waals surface area contributed by atoms with Gasteiger partial charge in [0, 0.05) is 36.0 Å². The first-order valence-corrected chi connectivity index (χ1v) is 11.8. The van der Waals surface area contributed by atoms with Crippen LogP contribution in [0.2, 0.25) is 0 Å². The maximum absolute atomic E-state index is 13.2. The fraction of sp³-hybridized carbons (Fsp3) is 0.250. The molecule has 3 heterocycles. The van der Waals surface area contributed by atoms with E-state index in [1.807, 2.05) is 42.6 Å². The number of hydrogen-bond acceptors (Lipinski definition) is 5. The van der Waals surface area contributed by atoms with Crippen LogP contribution in [0.5, 0.6) is 23.0 Å². The molecular formula is C28H26N2O5. The molecule has 178 valence electrons. The summed E-state index contributed by atoms with van der Waals surface area (Å²) in [6.07, 6.45) is 3.26. The molecule has 0 spiro atoms. The number of aromatic amines is 1. The second-order valence-electron chi connectivity index (χ2n) is 8.77. The summed E-state index contributed by atoms with van der Waals surface area (Å²) in [5.74, 6) is 2.69. The largest absolute Gasteiger partial charge is 0.454 e. The SMILES string of the molecule is CCc1cccc2c([C@H](CC(=O)NCc3ccc4c(c3)OCO4)c3ccc4c(c3)OCO4)c[nH]c12. The van der Waals surface area contributed by atoms with E-state index in [0.29, 0.717) is 24.5 Å². The zero-order chi connectivity index (χ0) is 23.8. The molecule has 7 heteroatoms. The van der Waals surface area contributed by atoms with Crippen molar-refractivity contribution in [2.45, 2.75) is 32.2 Å². The Kier molecular flexibility index (Phi) is 5.45. The van der Waals surface area contributed by atoms with E-state index in [9.17, 15) is 4.79 Å². The first-order valence-electron chi connectivity index (χ1n) is 11.8. The van der Waals surface area contributed by atoms with Crippen molar-refractivity contribution in [1.82, 2.24) is 10.3 Å². The Morgan fingerprint density at radius 2 is 1.69 bits per heavy atom. The lowest BCUT2D eigenvalue weighted by Gasteiger charge is -2.18. The molecule has 0 unspecified atom stereocenters. The predicted molar refractivity (Wildman–Crippen MR) is 131 cm³/mol. The van der Waals surface area contributed by atoms with Gasteiger partial charge >= 0.3 is 0 Å². The molecule has 0 aliphatic carbocycles. The molecular weight excluding hydrogens is 444 g/mol. The van der Waals surface area contributed by atoms with E-state index in [1.165, 1.54) is 5.56 Å². The van der Waals surface area contributed by atoms with Crippen LogP contribution in [0, 0.1) is 0 Å². The van der Waals surface area contributed by atoms with Crippen molar-refractivity contribution in [3.05, 3.63) is 83.0 Å². The maximum Gasteiger partial charge on any atom is 0.231 e. The van der Waals surface area contributed by atoms with Gasteiger partial charge in [-0.3, -0.25) is 4.79 Å². The van der Waals surface area contributed by atoms with Crippen molar-refractivity contribution in [2.75, 3.05) is 13.6 Å². The number of benzene rings is 3. The van der Waals surface area contributed by atoms with E-state index in [2.05, 4.69) is 35.4 Å². The molecule has 0 bridgehead atoms. The fourth-order valence-electron chi connectivity index (χ4n) is 4.87. The Hall–Kier alpha value is -4.13. The van der Waals surface area contributed by atoms with Crippen molar-refractivity contribution in [3.63, 3.8) is 0 Å². The third kappa shape index (κ3) is 4.03. The molecule has 1 atom stereocenters. The van der Waals surface area contributed by atoms with E-state index in [1.54, 1.807) is 0 Å². The summed E-state index contributed by atoms with van der Waals surface area (Å²) in [4.78, 5) is 16.6. The molecule has 3 aromatic carbocycles. The summed E-state index contributed by atoms with van der Waals surface area (Å²) < 4.78 is 21.9. The van der Waals surface area contributed by atoms with Crippen molar-refractivity contribution >= 4 is 16.8 Å². The number of ether oxygens (including phenoxy) is 4. The molecule has 2 aliphatic rings. The number of amides is 1. The summed E-state index contributed by atoms with van der Waals surface area (Å²) in [5, 5.41) is 4.21. The van der Waals surface area contributed by atoms with Gasteiger partial charge in [0.05, 0.1) is 0 Å². The first kappa shape index (κ1) is 21.4. The number of fused-ring (bicyclic) bond motifs is 3. The molecule has 1 amide bonds. The van der Waals surface area contributed by atoms with E-state index in [0.717, 1.165) is 45.5 Å². The van der Waals surface area contributed by atoms with Crippen LogP contribution in [0.3, 0.4) is 0 Å². The van der Waals surface area contributed by atoms with E-state index in [-0.39, 0.29) is 25.4 Å². The molecule has 0 saturated carbocycles. The standard InChI is InChI=1S/C28H26N2O5/c1-2-18-4-3-5-20-22(14-30-28(18)20)21(19-7-9-24-26(11-19)35-16-33-24)12-27(31)29-13-17-6-8-23-25(10-17)34-15-32-23/h3-11,14,21,30H,2,12-13,15-16H2,1H3,(H,29,31)/t21-/m1/s1. The molecule has 2 N–H and O–H groups in total. The Morgan fingerprint density at radius 3 is 2.49 bits per heavy atom. The normalized spacial score (nSPS) is 14.3. The highest BCUT2D eigenvalue weighted by Crippen LogP contribution is 2.40. The van der Waals surface area contributed by atoms with Crippen molar-refractivity contribution in [2.24, 2.45) is 0 Å². The number of rotatable bonds is 7. The van der Waals surface area contributed by atoms with Gasteiger partial charge in [-0.25, -0.2) is 0 Å². The lowest BCUT2D eigenvalue weighted by atomic mass is 9.87. The van der Waals surface area contributed by atoms with Crippen LogP contribution in [0.1, 0.15) is 41.5 Å². The third-order valence-electron chi connectivity index (χ3n) is 6.71. The minimum absolute atomic E-state index is 0.0358. The number of nitrogens with one attached hydrogen (secondary N) is 2. The number of para-hydroxylation sites is 1. The molecule has 4 aromatic rings. The first-order chi connectivity index (χ1) is 17.2. The zero-order valence-electron chi connectivity index (χ0n) is 19.4. The van der Waals surface area contributed by atoms with Crippen LogP contribution < -0.4 is 24.3 Å². The van der Waals surface area contributed by atoms with Crippen molar-refractivity contribution < 1.29 is 23.7 Å². The molecule has 0 fully saturated rings. The van der Waals surface area contributed by atoms with Gasteiger partial charge in [0.15, 0.2) is 23.0 Å². The zero-order valence-corrected chi connectivity index (χ0v) is 19.4. The lowest BCUT2D eigenvalue weighted by Crippen LogP contribution is -2.25. The minimum Gasteiger partial charge on any atom is -0.454 e. The van der Waals surface area contributed by atoms with Crippen LogP contribution in [-0.4, -0.2) is 24.5 Å². The Balaban J connectivity index is 1.28. The van der Waals surface area contributed by atoms with Crippen molar-refractivity contribution in [1.29, 1.82) is 0 Å². The molecule has 0 radical (unpaired) electrons. The van der Waals surface area contributed by atoms with Crippen LogP contribution in [-0.2, 0) is 17.8 Å². The van der Waals surface area contributed by atoms with Gasteiger partial charge in [0.2, 0.25) is 19.5 Å². The molecule has 1 aromatic heterocycles. The summed E-state index contributed by atoms with van der Waals surface area (Å²) in [6.45, 7) is 3.00. The second kappa shape index (κ2) is 8.91. The number of carbonyl (C=O) groups excluding carboxylic acids is 1. The van der Waals surface area contributed by atoms with E-state index >= 15 is 0 Å². The monoisotopic (exact) mass is 470 g/mol. The molecule has 2 aliphatic heterocycles. The Labute approximate surface area is 203 Å². The van der Waals surface area contributed by atoms with Gasteiger partial charge in [0.1, 0.15) is 0 Å². The highest BCUT2D eigenvalue weighted by atomic mass is 16.7. The molecule has 7 nitrogen and oxygen atoms in total. The summed E-state index contributed by atoms with van der Waals surface area (Å²) in [7, 11) is 0. The lowest BCUT2D eigenvalue weighted by molar-refractivity contribution is -0.121. The number of carbonyl (C=O) groups is 1. The van der Waals surface area contributed by atoms with Crippen LogP contribution in [0.15, 0.2) is 60.8 Å². The van der Waals surface area contributed by atoms with Gasteiger partial charge in [0.25, 0.3) is 0 Å². The Morgan fingerprint density at radius 1 is 0.943 bits per heavy atom. The highest BCUT2D eigenvalue weighted by Gasteiger charge is 2.25. The van der Waals surface area contributed by atoms with Crippen LogP contribution in [0.25, 0.3) is 10.9 Å². The topological polar surface area (TPSA) is 81.8 Å². The van der Waals surface area contributed by atoms with Gasteiger partial charge in [-0.15, -0.1) is 0 Å². The van der Waals surface area contributed by atoms with E-state index in [4.69, 9.17) is 18.9 Å².